The molecule has 19 heavy (non-hydrogen) atoms. The van der Waals surface area contributed by atoms with E-state index in [1.54, 1.807) is 4.68 Å². The summed E-state index contributed by atoms with van der Waals surface area (Å²) in [7, 11) is 0. The second kappa shape index (κ2) is 4.69. The third-order valence-corrected chi connectivity index (χ3v) is 3.37. The van der Waals surface area contributed by atoms with Gasteiger partial charge in [-0.15, -0.1) is 15.3 Å². The standard InChI is InChI=1S/C12H9N5OS/c1-8-13-15-12(19-8)17-11(10(7-18)14-16-17)9-5-3-2-4-6-9/h2-7H,1H3. The van der Waals surface area contributed by atoms with Gasteiger partial charge in [0.15, 0.2) is 12.0 Å². The van der Waals surface area contributed by atoms with Crippen molar-refractivity contribution in [1.29, 1.82) is 0 Å². The lowest BCUT2D eigenvalue weighted by Crippen LogP contribution is -1.99. The van der Waals surface area contributed by atoms with Crippen LogP contribution in [0.5, 0.6) is 0 Å². The molecule has 6 nitrogen and oxygen atoms in total. The molecule has 0 aliphatic heterocycles. The molecule has 3 rings (SSSR count). The monoisotopic (exact) mass is 271 g/mol. The molecule has 0 saturated heterocycles. The van der Waals surface area contributed by atoms with Gasteiger partial charge in [-0.1, -0.05) is 46.9 Å². The summed E-state index contributed by atoms with van der Waals surface area (Å²) in [6, 6.07) is 9.50. The normalized spacial score (nSPS) is 10.6. The minimum Gasteiger partial charge on any atom is -0.296 e. The van der Waals surface area contributed by atoms with E-state index in [1.165, 1.54) is 11.3 Å². The predicted octanol–water partition coefficient (Wildman–Crippen LogP) is 1.91. The number of aryl methyl sites for hydroxylation is 1. The van der Waals surface area contributed by atoms with Crippen LogP contribution >= 0.6 is 11.3 Å². The first-order chi connectivity index (χ1) is 9.29. The highest BCUT2D eigenvalue weighted by atomic mass is 32.1. The maximum atomic E-state index is 11.1. The van der Waals surface area contributed by atoms with E-state index in [0.29, 0.717) is 22.8 Å². The minimum absolute atomic E-state index is 0.291. The summed E-state index contributed by atoms with van der Waals surface area (Å²) >= 11 is 1.40. The SMILES string of the molecule is Cc1nnc(-n2nnc(C=O)c2-c2ccccc2)s1. The first kappa shape index (κ1) is 11.7. The Labute approximate surface area is 112 Å². The summed E-state index contributed by atoms with van der Waals surface area (Å²) < 4.78 is 1.55. The van der Waals surface area contributed by atoms with Crippen LogP contribution in [0.3, 0.4) is 0 Å². The molecular weight excluding hydrogens is 262 g/mol. The molecule has 3 aromatic rings. The van der Waals surface area contributed by atoms with Crippen molar-refractivity contribution in [1.82, 2.24) is 25.2 Å². The summed E-state index contributed by atoms with van der Waals surface area (Å²) in [5.41, 5.74) is 1.79. The molecule has 0 unspecified atom stereocenters. The van der Waals surface area contributed by atoms with Gasteiger partial charge < -0.3 is 0 Å². The molecule has 2 aromatic heterocycles. The van der Waals surface area contributed by atoms with Crippen LogP contribution in [0.25, 0.3) is 16.4 Å². The number of carbonyl (C=O) groups excluding carboxylic acids is 1. The summed E-state index contributed by atoms with van der Waals surface area (Å²) in [6.45, 7) is 1.86. The summed E-state index contributed by atoms with van der Waals surface area (Å²) in [6.07, 6.45) is 0.694. The van der Waals surface area contributed by atoms with Crippen LogP contribution in [0.2, 0.25) is 0 Å². The topological polar surface area (TPSA) is 73.6 Å². The Morgan fingerprint density at radius 2 is 1.95 bits per heavy atom. The molecule has 0 saturated carbocycles. The number of hydrogen-bond donors (Lipinski definition) is 0. The van der Waals surface area contributed by atoms with E-state index in [2.05, 4.69) is 20.5 Å². The average Bonchev–Trinajstić information content (AvgIpc) is 3.05. The zero-order chi connectivity index (χ0) is 13.2. The van der Waals surface area contributed by atoms with Crippen molar-refractivity contribution in [3.63, 3.8) is 0 Å². The molecule has 0 radical (unpaired) electrons. The molecule has 0 fully saturated rings. The van der Waals surface area contributed by atoms with Gasteiger partial charge in [0.2, 0.25) is 5.13 Å². The molecule has 0 N–H and O–H groups in total. The highest BCUT2D eigenvalue weighted by Gasteiger charge is 2.17. The first-order valence-corrected chi connectivity index (χ1v) is 6.38. The van der Waals surface area contributed by atoms with Gasteiger partial charge in [-0.2, -0.15) is 4.68 Å². The van der Waals surface area contributed by atoms with Crippen LogP contribution in [0.15, 0.2) is 30.3 Å². The van der Waals surface area contributed by atoms with Crippen molar-refractivity contribution in [3.05, 3.63) is 41.0 Å². The van der Waals surface area contributed by atoms with E-state index in [-0.39, 0.29) is 0 Å². The fourth-order valence-electron chi connectivity index (χ4n) is 1.74. The predicted molar refractivity (Wildman–Crippen MR) is 70.4 cm³/mol. The largest absolute Gasteiger partial charge is 0.296 e. The number of aldehydes is 1. The molecule has 0 atom stereocenters. The molecule has 94 valence electrons. The van der Waals surface area contributed by atoms with E-state index >= 15 is 0 Å². The first-order valence-electron chi connectivity index (χ1n) is 5.56. The van der Waals surface area contributed by atoms with Crippen LogP contribution in [-0.2, 0) is 0 Å². The molecule has 0 bridgehead atoms. The molecule has 0 aliphatic carbocycles. The Morgan fingerprint density at radius 3 is 2.58 bits per heavy atom. The average molecular weight is 271 g/mol. The maximum absolute atomic E-state index is 11.1. The van der Waals surface area contributed by atoms with Gasteiger partial charge in [-0.25, -0.2) is 0 Å². The Bertz CT molecular complexity index is 719. The van der Waals surface area contributed by atoms with Crippen LogP contribution in [-0.4, -0.2) is 31.5 Å². The van der Waals surface area contributed by atoms with Crippen molar-refractivity contribution < 1.29 is 4.79 Å². The van der Waals surface area contributed by atoms with E-state index < -0.39 is 0 Å². The second-order valence-corrected chi connectivity index (χ2v) is 4.98. The van der Waals surface area contributed by atoms with Crippen molar-refractivity contribution in [2.45, 2.75) is 6.92 Å². The van der Waals surface area contributed by atoms with E-state index in [9.17, 15) is 4.79 Å². The van der Waals surface area contributed by atoms with E-state index in [0.717, 1.165) is 10.6 Å². The highest BCUT2D eigenvalue weighted by Crippen LogP contribution is 2.25. The molecule has 0 amide bonds. The van der Waals surface area contributed by atoms with Gasteiger partial charge in [0.1, 0.15) is 10.7 Å². The summed E-state index contributed by atoms with van der Waals surface area (Å²) in [4.78, 5) is 11.1. The van der Waals surface area contributed by atoms with Gasteiger partial charge in [-0.05, 0) is 6.92 Å². The summed E-state index contributed by atoms with van der Waals surface area (Å²) in [5, 5.41) is 17.3. The Morgan fingerprint density at radius 1 is 1.16 bits per heavy atom. The van der Waals surface area contributed by atoms with Crippen molar-refractivity contribution in [2.75, 3.05) is 0 Å². The Hall–Kier alpha value is -2.41. The highest BCUT2D eigenvalue weighted by molar-refractivity contribution is 7.13. The van der Waals surface area contributed by atoms with Crippen molar-refractivity contribution >= 4 is 17.6 Å². The molecule has 7 heteroatoms. The van der Waals surface area contributed by atoms with Crippen LogP contribution < -0.4 is 0 Å². The van der Waals surface area contributed by atoms with Crippen molar-refractivity contribution in [2.24, 2.45) is 0 Å². The van der Waals surface area contributed by atoms with Crippen molar-refractivity contribution in [3.8, 4) is 16.4 Å². The van der Waals surface area contributed by atoms with Gasteiger partial charge in [0.25, 0.3) is 0 Å². The fourth-order valence-corrected chi connectivity index (χ4v) is 2.39. The lowest BCUT2D eigenvalue weighted by atomic mass is 10.1. The molecular formula is C12H9N5OS. The van der Waals surface area contributed by atoms with Gasteiger partial charge in [0.05, 0.1) is 0 Å². The lowest BCUT2D eigenvalue weighted by molar-refractivity contribution is 0.111. The van der Waals surface area contributed by atoms with Crippen LogP contribution in [0.1, 0.15) is 15.5 Å². The Kier molecular flexibility index (Phi) is 2.88. The van der Waals surface area contributed by atoms with E-state index in [4.69, 9.17) is 0 Å². The smallest absolute Gasteiger partial charge is 0.234 e. The molecule has 1 aromatic carbocycles. The Balaban J connectivity index is 2.22. The number of benzene rings is 1. The number of carbonyl (C=O) groups is 1. The maximum Gasteiger partial charge on any atom is 0.234 e. The third-order valence-electron chi connectivity index (χ3n) is 2.55. The number of rotatable bonds is 3. The molecule has 2 heterocycles. The quantitative estimate of drug-likeness (QED) is 0.680. The lowest BCUT2D eigenvalue weighted by Gasteiger charge is -2.02. The summed E-state index contributed by atoms with van der Waals surface area (Å²) in [5.74, 6) is 0. The van der Waals surface area contributed by atoms with E-state index in [1.807, 2.05) is 37.3 Å². The van der Waals surface area contributed by atoms with Gasteiger partial charge in [-0.3, -0.25) is 4.79 Å². The second-order valence-electron chi connectivity index (χ2n) is 3.82. The van der Waals surface area contributed by atoms with Crippen LogP contribution in [0, 0.1) is 6.92 Å². The zero-order valence-electron chi connectivity index (χ0n) is 10.0. The minimum atomic E-state index is 0.291. The third kappa shape index (κ3) is 2.04. The van der Waals surface area contributed by atoms with Gasteiger partial charge in [0, 0.05) is 5.56 Å². The number of nitrogens with zero attached hydrogens (tertiary/aromatic N) is 5. The zero-order valence-corrected chi connectivity index (χ0v) is 10.8. The number of aromatic nitrogens is 5. The molecule has 0 aliphatic rings. The van der Waals surface area contributed by atoms with Gasteiger partial charge >= 0.3 is 0 Å². The molecule has 0 spiro atoms. The van der Waals surface area contributed by atoms with Crippen LogP contribution in [0.4, 0.5) is 0 Å². The fraction of sp³-hybridized carbons (Fsp3) is 0.0833. The number of hydrogen-bond acceptors (Lipinski definition) is 6.